The molecule has 2 atom stereocenters. The average molecular weight is 232 g/mol. The lowest BCUT2D eigenvalue weighted by atomic mass is 9.95. The number of piperidine rings is 1. The molecule has 1 aliphatic rings. The molecule has 0 spiro atoms. The van der Waals surface area contributed by atoms with Crippen LogP contribution in [0.15, 0.2) is 24.3 Å². The number of aryl methyl sites for hydroxylation is 1. The van der Waals surface area contributed by atoms with Gasteiger partial charge in [0.15, 0.2) is 0 Å². The van der Waals surface area contributed by atoms with Gasteiger partial charge in [-0.15, -0.1) is 0 Å². The molecule has 1 heterocycles. The van der Waals surface area contributed by atoms with Crippen LogP contribution >= 0.6 is 0 Å². The zero-order chi connectivity index (χ0) is 12.3. The molecule has 1 saturated heterocycles. The molecule has 1 aliphatic heterocycles. The Bertz CT molecular complexity index is 362. The van der Waals surface area contributed by atoms with E-state index in [1.165, 1.54) is 37.1 Å². The van der Waals surface area contributed by atoms with Gasteiger partial charge in [-0.3, -0.25) is 4.90 Å². The van der Waals surface area contributed by atoms with Crippen LogP contribution in [0.2, 0.25) is 0 Å². The zero-order valence-electron chi connectivity index (χ0n) is 11.0. The monoisotopic (exact) mass is 232 g/mol. The molecule has 0 unspecified atom stereocenters. The van der Waals surface area contributed by atoms with Crippen LogP contribution in [-0.4, -0.2) is 24.5 Å². The Morgan fingerprint density at radius 1 is 1.47 bits per heavy atom. The number of hydrogen-bond donors (Lipinski definition) is 1. The van der Waals surface area contributed by atoms with Crippen LogP contribution in [0.3, 0.4) is 0 Å². The molecule has 94 valence electrons. The van der Waals surface area contributed by atoms with E-state index in [4.69, 9.17) is 5.73 Å². The summed E-state index contributed by atoms with van der Waals surface area (Å²) in [6, 6.07) is 9.18. The summed E-state index contributed by atoms with van der Waals surface area (Å²) in [5.74, 6) is 0.808. The number of benzene rings is 1. The number of nitrogens with two attached hydrogens (primary N) is 1. The second kappa shape index (κ2) is 5.65. The van der Waals surface area contributed by atoms with Crippen molar-refractivity contribution in [3.63, 3.8) is 0 Å². The molecule has 0 aromatic heterocycles. The van der Waals surface area contributed by atoms with E-state index in [0.29, 0.717) is 6.04 Å². The highest BCUT2D eigenvalue weighted by molar-refractivity contribution is 5.25. The van der Waals surface area contributed by atoms with Gasteiger partial charge in [-0.05, 0) is 37.8 Å². The van der Waals surface area contributed by atoms with Crippen LogP contribution in [0.5, 0.6) is 0 Å². The van der Waals surface area contributed by atoms with Gasteiger partial charge in [-0.1, -0.05) is 36.8 Å². The van der Waals surface area contributed by atoms with Crippen molar-refractivity contribution in [1.29, 1.82) is 0 Å². The molecule has 2 N–H and O–H groups in total. The average Bonchev–Trinajstić information content (AvgIpc) is 2.30. The number of rotatable bonds is 3. The summed E-state index contributed by atoms with van der Waals surface area (Å²) in [5, 5.41) is 0. The van der Waals surface area contributed by atoms with E-state index in [1.807, 2.05) is 0 Å². The first-order valence-corrected chi connectivity index (χ1v) is 6.71. The maximum Gasteiger partial charge on any atom is 0.0470 e. The second-order valence-corrected chi connectivity index (χ2v) is 5.41. The molecule has 0 bridgehead atoms. The van der Waals surface area contributed by atoms with E-state index in [0.717, 1.165) is 12.5 Å². The molecule has 2 heteroatoms. The molecule has 17 heavy (non-hydrogen) atoms. The van der Waals surface area contributed by atoms with Gasteiger partial charge >= 0.3 is 0 Å². The van der Waals surface area contributed by atoms with Gasteiger partial charge in [0, 0.05) is 19.1 Å². The third-order valence-electron chi connectivity index (χ3n) is 3.78. The number of nitrogens with zero attached hydrogens (tertiary/aromatic N) is 1. The summed E-state index contributed by atoms with van der Waals surface area (Å²) in [7, 11) is 0. The highest BCUT2D eigenvalue weighted by Gasteiger charge is 2.23. The minimum atomic E-state index is 0.401. The molecule has 0 saturated carbocycles. The Morgan fingerprint density at radius 3 is 2.94 bits per heavy atom. The van der Waals surface area contributed by atoms with Gasteiger partial charge in [-0.25, -0.2) is 0 Å². The summed E-state index contributed by atoms with van der Waals surface area (Å²) >= 11 is 0. The third-order valence-corrected chi connectivity index (χ3v) is 3.78. The van der Waals surface area contributed by atoms with E-state index in [1.54, 1.807) is 0 Å². The maximum absolute atomic E-state index is 5.99. The summed E-state index contributed by atoms with van der Waals surface area (Å²) in [6.07, 6.45) is 2.67. The van der Waals surface area contributed by atoms with Crippen LogP contribution in [0, 0.1) is 12.8 Å². The van der Waals surface area contributed by atoms with E-state index in [2.05, 4.69) is 43.0 Å². The lowest BCUT2D eigenvalue weighted by molar-refractivity contribution is 0.133. The largest absolute Gasteiger partial charge is 0.329 e. The standard InChI is InChI=1S/C15H24N2/c1-12-5-3-7-14(9-12)15(10-16)17-8-4-6-13(2)11-17/h3,5,7,9,13,15H,4,6,8,10-11,16H2,1-2H3/t13-,15-/m0/s1. The van der Waals surface area contributed by atoms with Crippen LogP contribution in [0.1, 0.15) is 36.9 Å². The highest BCUT2D eigenvalue weighted by atomic mass is 15.2. The van der Waals surface area contributed by atoms with Gasteiger partial charge in [-0.2, -0.15) is 0 Å². The van der Waals surface area contributed by atoms with Crippen molar-refractivity contribution in [3.05, 3.63) is 35.4 Å². The molecule has 1 aromatic carbocycles. The van der Waals surface area contributed by atoms with Crippen molar-refractivity contribution in [1.82, 2.24) is 4.90 Å². The number of likely N-dealkylation sites (tertiary alicyclic amines) is 1. The van der Waals surface area contributed by atoms with Crippen LogP contribution in [0.4, 0.5) is 0 Å². The molecule has 0 radical (unpaired) electrons. The lowest BCUT2D eigenvalue weighted by Gasteiger charge is -2.37. The van der Waals surface area contributed by atoms with E-state index in [9.17, 15) is 0 Å². The van der Waals surface area contributed by atoms with E-state index in [-0.39, 0.29) is 0 Å². The van der Waals surface area contributed by atoms with Crippen molar-refractivity contribution in [2.75, 3.05) is 19.6 Å². The quantitative estimate of drug-likeness (QED) is 0.868. The molecule has 0 amide bonds. The zero-order valence-corrected chi connectivity index (χ0v) is 11.0. The van der Waals surface area contributed by atoms with Crippen molar-refractivity contribution in [2.45, 2.75) is 32.7 Å². The predicted molar refractivity (Wildman–Crippen MR) is 72.9 cm³/mol. The van der Waals surface area contributed by atoms with Crippen molar-refractivity contribution >= 4 is 0 Å². The topological polar surface area (TPSA) is 29.3 Å². The fourth-order valence-electron chi connectivity index (χ4n) is 2.88. The second-order valence-electron chi connectivity index (χ2n) is 5.41. The van der Waals surface area contributed by atoms with Gasteiger partial charge in [0.2, 0.25) is 0 Å². The summed E-state index contributed by atoms with van der Waals surface area (Å²) in [6.45, 7) is 7.60. The van der Waals surface area contributed by atoms with Gasteiger partial charge < -0.3 is 5.73 Å². The van der Waals surface area contributed by atoms with Crippen molar-refractivity contribution in [3.8, 4) is 0 Å². The molecule has 1 fully saturated rings. The van der Waals surface area contributed by atoms with Gasteiger partial charge in [0.1, 0.15) is 0 Å². The fourth-order valence-corrected chi connectivity index (χ4v) is 2.88. The maximum atomic E-state index is 5.99. The summed E-state index contributed by atoms with van der Waals surface area (Å²) in [5.41, 5.74) is 8.69. The molecule has 1 aromatic rings. The first kappa shape index (κ1) is 12.6. The smallest absolute Gasteiger partial charge is 0.0470 e. The van der Waals surface area contributed by atoms with E-state index >= 15 is 0 Å². The van der Waals surface area contributed by atoms with Gasteiger partial charge in [0.25, 0.3) is 0 Å². The SMILES string of the molecule is Cc1cccc([C@H](CN)N2CCC[C@H](C)C2)c1. The molecular weight excluding hydrogens is 208 g/mol. The van der Waals surface area contributed by atoms with Gasteiger partial charge in [0.05, 0.1) is 0 Å². The molecular formula is C15H24N2. The Labute approximate surface area is 105 Å². The Kier molecular flexibility index (Phi) is 4.19. The summed E-state index contributed by atoms with van der Waals surface area (Å²) < 4.78 is 0. The first-order chi connectivity index (χ1) is 8.20. The Hall–Kier alpha value is -0.860. The van der Waals surface area contributed by atoms with Crippen LogP contribution in [0.25, 0.3) is 0 Å². The Morgan fingerprint density at radius 2 is 2.29 bits per heavy atom. The molecule has 2 rings (SSSR count). The van der Waals surface area contributed by atoms with Crippen molar-refractivity contribution < 1.29 is 0 Å². The lowest BCUT2D eigenvalue weighted by Crippen LogP contribution is -2.40. The molecule has 0 aliphatic carbocycles. The minimum absolute atomic E-state index is 0.401. The Balaban J connectivity index is 2.15. The van der Waals surface area contributed by atoms with Crippen LogP contribution < -0.4 is 5.73 Å². The normalized spacial score (nSPS) is 23.6. The minimum Gasteiger partial charge on any atom is -0.329 e. The number of hydrogen-bond acceptors (Lipinski definition) is 2. The van der Waals surface area contributed by atoms with Crippen molar-refractivity contribution in [2.24, 2.45) is 11.7 Å². The molecule has 2 nitrogen and oxygen atoms in total. The fraction of sp³-hybridized carbons (Fsp3) is 0.600. The predicted octanol–water partition coefficient (Wildman–Crippen LogP) is 2.73. The van der Waals surface area contributed by atoms with Crippen LogP contribution in [-0.2, 0) is 0 Å². The summed E-state index contributed by atoms with van der Waals surface area (Å²) in [4.78, 5) is 2.56. The third kappa shape index (κ3) is 3.08. The first-order valence-electron chi connectivity index (χ1n) is 6.71. The highest BCUT2D eigenvalue weighted by Crippen LogP contribution is 2.26. The van der Waals surface area contributed by atoms with E-state index < -0.39 is 0 Å².